The lowest BCUT2D eigenvalue weighted by atomic mass is 10.0. The van der Waals surface area contributed by atoms with Crippen LogP contribution in [0.1, 0.15) is 24.0 Å². The van der Waals surface area contributed by atoms with Gasteiger partial charge in [0.05, 0.1) is 26.6 Å². The second-order valence-corrected chi connectivity index (χ2v) is 5.46. The molecule has 1 aliphatic heterocycles. The molecule has 0 atom stereocenters. The average Bonchev–Trinajstić information content (AvgIpc) is 2.35. The van der Waals surface area contributed by atoms with Gasteiger partial charge in [0.15, 0.2) is 0 Å². The third-order valence-electron chi connectivity index (χ3n) is 3.69. The van der Waals surface area contributed by atoms with E-state index in [0.29, 0.717) is 12.5 Å². The first kappa shape index (κ1) is 13.1. The van der Waals surface area contributed by atoms with Crippen LogP contribution in [0.3, 0.4) is 0 Å². The summed E-state index contributed by atoms with van der Waals surface area (Å²) in [6.07, 6.45) is 2.70. The first-order valence-electron chi connectivity index (χ1n) is 6.79. The number of likely N-dealkylation sites (tertiary alicyclic amines) is 1. The maximum absolute atomic E-state index is 11.9. The normalized spacial score (nSPS) is 23.7. The molecule has 0 aromatic heterocycles. The lowest BCUT2D eigenvalue weighted by molar-refractivity contribution is -0.884. The zero-order chi connectivity index (χ0) is 13.0. The number of benzene rings is 1. The minimum absolute atomic E-state index is 0.156. The molecule has 1 saturated heterocycles. The van der Waals surface area contributed by atoms with Gasteiger partial charge in [-0.05, 0) is 12.5 Å². The van der Waals surface area contributed by atoms with Crippen molar-refractivity contribution in [3.8, 4) is 0 Å². The zero-order valence-corrected chi connectivity index (χ0v) is 11.3. The molecule has 98 valence electrons. The fraction of sp³-hybridized carbons (Fsp3) is 0.533. The van der Waals surface area contributed by atoms with Crippen molar-refractivity contribution in [3.63, 3.8) is 0 Å². The van der Waals surface area contributed by atoms with Gasteiger partial charge in [0.2, 0.25) is 5.91 Å². The van der Waals surface area contributed by atoms with Gasteiger partial charge in [-0.25, -0.2) is 0 Å². The molecule has 3 heteroatoms. The Morgan fingerprint density at radius 1 is 1.28 bits per heavy atom. The third-order valence-corrected chi connectivity index (χ3v) is 3.69. The van der Waals surface area contributed by atoms with Gasteiger partial charge < -0.3 is 10.2 Å². The lowest BCUT2D eigenvalue weighted by Gasteiger charge is -2.27. The van der Waals surface area contributed by atoms with Crippen LogP contribution in [0.5, 0.6) is 0 Å². The summed E-state index contributed by atoms with van der Waals surface area (Å²) in [7, 11) is 2.21. The van der Waals surface area contributed by atoms with E-state index in [-0.39, 0.29) is 5.91 Å². The summed E-state index contributed by atoms with van der Waals surface area (Å²) in [6.45, 7) is 4.38. The van der Waals surface area contributed by atoms with Gasteiger partial charge >= 0.3 is 0 Å². The number of hydrogen-bond acceptors (Lipinski definition) is 1. The van der Waals surface area contributed by atoms with E-state index in [9.17, 15) is 4.79 Å². The standard InChI is InChI=1S/C15H22N2O/c1-12-3-5-13(6-4-12)11-15(18)16-14-7-9-17(2)10-8-14/h3-6,14H,7-11H2,1-2H3,(H,16,18)/p+1. The summed E-state index contributed by atoms with van der Waals surface area (Å²) in [4.78, 5) is 13.5. The Morgan fingerprint density at radius 2 is 1.89 bits per heavy atom. The van der Waals surface area contributed by atoms with Crippen LogP contribution in [-0.2, 0) is 11.2 Å². The van der Waals surface area contributed by atoms with Gasteiger partial charge in [0.1, 0.15) is 0 Å². The molecule has 1 aromatic rings. The van der Waals surface area contributed by atoms with Crippen molar-refractivity contribution in [2.45, 2.75) is 32.2 Å². The van der Waals surface area contributed by atoms with E-state index < -0.39 is 0 Å². The highest BCUT2D eigenvalue weighted by atomic mass is 16.1. The topological polar surface area (TPSA) is 33.5 Å². The molecular weight excluding hydrogens is 224 g/mol. The first-order chi connectivity index (χ1) is 8.63. The van der Waals surface area contributed by atoms with E-state index in [1.165, 1.54) is 5.56 Å². The molecule has 0 saturated carbocycles. The monoisotopic (exact) mass is 247 g/mol. The largest absolute Gasteiger partial charge is 0.353 e. The summed E-state index contributed by atoms with van der Waals surface area (Å²) in [6, 6.07) is 8.57. The Balaban J connectivity index is 1.80. The van der Waals surface area contributed by atoms with Crippen molar-refractivity contribution in [3.05, 3.63) is 35.4 Å². The van der Waals surface area contributed by atoms with Gasteiger partial charge in [0, 0.05) is 18.9 Å². The predicted molar refractivity (Wildman–Crippen MR) is 72.7 cm³/mol. The summed E-state index contributed by atoms with van der Waals surface area (Å²) in [5.41, 5.74) is 2.33. The number of carbonyl (C=O) groups is 1. The molecule has 0 radical (unpaired) electrons. The van der Waals surface area contributed by atoms with Gasteiger partial charge in [-0.15, -0.1) is 0 Å². The second-order valence-electron chi connectivity index (χ2n) is 5.46. The molecule has 0 bridgehead atoms. The van der Waals surface area contributed by atoms with Crippen molar-refractivity contribution in [1.82, 2.24) is 5.32 Å². The fourth-order valence-electron chi connectivity index (χ4n) is 2.42. The fourth-order valence-corrected chi connectivity index (χ4v) is 2.42. The molecule has 0 spiro atoms. The summed E-state index contributed by atoms with van der Waals surface area (Å²) >= 11 is 0. The number of quaternary nitrogens is 1. The minimum atomic E-state index is 0.156. The minimum Gasteiger partial charge on any atom is -0.353 e. The van der Waals surface area contributed by atoms with Crippen molar-refractivity contribution in [1.29, 1.82) is 0 Å². The average molecular weight is 247 g/mol. The van der Waals surface area contributed by atoms with Crippen LogP contribution in [-0.4, -0.2) is 32.1 Å². The number of rotatable bonds is 3. The number of carbonyl (C=O) groups excluding carboxylic acids is 1. The van der Waals surface area contributed by atoms with Crippen LogP contribution in [0.2, 0.25) is 0 Å². The van der Waals surface area contributed by atoms with E-state index in [1.807, 2.05) is 12.1 Å². The summed E-state index contributed by atoms with van der Waals surface area (Å²) in [5.74, 6) is 0.156. The number of nitrogens with one attached hydrogen (secondary N) is 2. The Hall–Kier alpha value is -1.35. The predicted octanol–water partition coefficient (Wildman–Crippen LogP) is 0.331. The quantitative estimate of drug-likeness (QED) is 0.793. The van der Waals surface area contributed by atoms with Crippen molar-refractivity contribution in [2.24, 2.45) is 0 Å². The molecule has 1 amide bonds. The molecule has 1 aromatic carbocycles. The van der Waals surface area contributed by atoms with Gasteiger partial charge in [0.25, 0.3) is 0 Å². The molecule has 1 aliphatic rings. The van der Waals surface area contributed by atoms with E-state index in [4.69, 9.17) is 0 Å². The van der Waals surface area contributed by atoms with Crippen molar-refractivity contribution < 1.29 is 9.69 Å². The second kappa shape index (κ2) is 6.01. The SMILES string of the molecule is Cc1ccc(CC(=O)NC2CC[NH+](C)CC2)cc1. The lowest BCUT2D eigenvalue weighted by Crippen LogP contribution is -3.10. The molecule has 1 fully saturated rings. The Bertz CT molecular complexity index is 391. The number of hydrogen-bond donors (Lipinski definition) is 2. The number of amides is 1. The first-order valence-corrected chi connectivity index (χ1v) is 6.79. The maximum atomic E-state index is 11.9. The highest BCUT2D eigenvalue weighted by molar-refractivity contribution is 5.78. The smallest absolute Gasteiger partial charge is 0.224 e. The molecule has 2 N–H and O–H groups in total. The molecule has 1 heterocycles. The van der Waals surface area contributed by atoms with Gasteiger partial charge in [-0.1, -0.05) is 29.8 Å². The van der Waals surface area contributed by atoms with E-state index in [2.05, 4.69) is 31.4 Å². The van der Waals surface area contributed by atoms with Crippen molar-refractivity contribution >= 4 is 5.91 Å². The molecule has 0 unspecified atom stereocenters. The third kappa shape index (κ3) is 3.84. The number of piperidine rings is 1. The highest BCUT2D eigenvalue weighted by Crippen LogP contribution is 2.05. The highest BCUT2D eigenvalue weighted by Gasteiger charge is 2.20. The van der Waals surface area contributed by atoms with Crippen LogP contribution in [0.25, 0.3) is 0 Å². The van der Waals surface area contributed by atoms with Crippen molar-refractivity contribution in [2.75, 3.05) is 20.1 Å². The van der Waals surface area contributed by atoms with Gasteiger partial charge in [-0.2, -0.15) is 0 Å². The van der Waals surface area contributed by atoms with Crippen LogP contribution in [0.15, 0.2) is 24.3 Å². The Kier molecular flexibility index (Phi) is 4.37. The molecule has 3 nitrogen and oxygen atoms in total. The van der Waals surface area contributed by atoms with Gasteiger partial charge in [-0.3, -0.25) is 4.79 Å². The zero-order valence-electron chi connectivity index (χ0n) is 11.3. The number of aryl methyl sites for hydroxylation is 1. The van der Waals surface area contributed by atoms with Crippen LogP contribution in [0.4, 0.5) is 0 Å². The van der Waals surface area contributed by atoms with E-state index >= 15 is 0 Å². The molecule has 18 heavy (non-hydrogen) atoms. The Morgan fingerprint density at radius 3 is 2.50 bits per heavy atom. The van der Waals surface area contributed by atoms with Crippen LogP contribution >= 0.6 is 0 Å². The molecular formula is C15H23N2O+. The van der Waals surface area contributed by atoms with Crippen LogP contribution in [0, 0.1) is 6.92 Å². The molecule has 0 aliphatic carbocycles. The maximum Gasteiger partial charge on any atom is 0.224 e. The summed E-state index contributed by atoms with van der Waals surface area (Å²) < 4.78 is 0. The molecule has 2 rings (SSSR count). The van der Waals surface area contributed by atoms with E-state index in [0.717, 1.165) is 31.5 Å². The van der Waals surface area contributed by atoms with E-state index in [1.54, 1.807) is 4.90 Å². The summed E-state index contributed by atoms with van der Waals surface area (Å²) in [5, 5.41) is 3.15. The van der Waals surface area contributed by atoms with Crippen LogP contribution < -0.4 is 10.2 Å². The Labute approximate surface area is 109 Å².